The number of H-pyrrole nitrogens is 1. The number of unbranched alkanes of at least 4 members (excludes halogenated alkanes) is 4. The van der Waals surface area contributed by atoms with E-state index in [1.165, 1.54) is 13.1 Å². The van der Waals surface area contributed by atoms with E-state index in [-0.39, 0.29) is 36.8 Å². The van der Waals surface area contributed by atoms with Gasteiger partial charge in [-0.25, -0.2) is 9.36 Å². The van der Waals surface area contributed by atoms with Gasteiger partial charge in [0.2, 0.25) is 5.91 Å². The highest BCUT2D eigenvalue weighted by Gasteiger charge is 2.40. The van der Waals surface area contributed by atoms with Gasteiger partial charge in [0.25, 0.3) is 5.56 Å². The van der Waals surface area contributed by atoms with E-state index in [2.05, 4.69) is 34.2 Å². The molecule has 4 N–H and O–H groups in total. The number of aromatic amines is 1. The molecule has 4 aromatic rings. The van der Waals surface area contributed by atoms with Crippen LogP contribution in [0.3, 0.4) is 0 Å². The second kappa shape index (κ2) is 20.0. The van der Waals surface area contributed by atoms with Gasteiger partial charge in [0.15, 0.2) is 0 Å². The molecule has 0 radical (unpaired) electrons. The number of hydrogen-bond donors (Lipinski definition) is 4. The smallest absolute Gasteiger partial charge is 0.459 e. The largest absolute Gasteiger partial charge is 0.460 e. The zero-order valence-corrected chi connectivity index (χ0v) is 31.8. The summed E-state index contributed by atoms with van der Waals surface area (Å²) in [6.45, 7) is 3.13. The molecule has 5 atom stereocenters. The van der Waals surface area contributed by atoms with Crippen LogP contribution >= 0.6 is 7.75 Å². The summed E-state index contributed by atoms with van der Waals surface area (Å²) in [6.07, 6.45) is 3.33. The maximum atomic E-state index is 14.4. The Morgan fingerprint density at radius 3 is 2.58 bits per heavy atom. The lowest BCUT2D eigenvalue weighted by Crippen LogP contribution is -2.36. The summed E-state index contributed by atoms with van der Waals surface area (Å²) >= 11 is 0. The molecule has 0 saturated carbocycles. The molecule has 1 aliphatic heterocycles. The molecular formula is C40H47N4O10P. The first kappa shape index (κ1) is 41.1. The summed E-state index contributed by atoms with van der Waals surface area (Å²) in [7, 11) is -4.39. The molecule has 0 bridgehead atoms. The van der Waals surface area contributed by atoms with Gasteiger partial charge in [-0.3, -0.25) is 28.5 Å². The van der Waals surface area contributed by atoms with E-state index in [1.54, 1.807) is 36.4 Å². The number of amides is 1. The van der Waals surface area contributed by atoms with Gasteiger partial charge < -0.3 is 24.4 Å². The maximum Gasteiger partial charge on any atom is 0.459 e. The second-order valence-electron chi connectivity index (χ2n) is 13.2. The number of nitrogens with zero attached hydrogens (tertiary/aromatic N) is 1. The van der Waals surface area contributed by atoms with E-state index < -0.39 is 56.0 Å². The Balaban J connectivity index is 1.25. The number of aliphatic hydroxyl groups is 1. The number of carbonyl (C=O) groups excluding carboxylic acids is 2. The fourth-order valence-corrected chi connectivity index (χ4v) is 7.41. The molecule has 1 amide bonds. The van der Waals surface area contributed by atoms with Crippen LogP contribution in [0.5, 0.6) is 5.75 Å². The molecule has 5 rings (SSSR count). The average Bonchev–Trinajstić information content (AvgIpc) is 3.55. The highest BCUT2D eigenvalue weighted by Crippen LogP contribution is 2.47. The van der Waals surface area contributed by atoms with Crippen LogP contribution in [-0.4, -0.2) is 57.9 Å². The highest BCUT2D eigenvalue weighted by molar-refractivity contribution is 7.52. The van der Waals surface area contributed by atoms with Crippen molar-refractivity contribution in [1.82, 2.24) is 20.0 Å². The van der Waals surface area contributed by atoms with Gasteiger partial charge >= 0.3 is 19.4 Å². The van der Waals surface area contributed by atoms with Crippen LogP contribution in [0.2, 0.25) is 0 Å². The third-order valence-corrected chi connectivity index (χ3v) is 10.5. The Labute approximate surface area is 319 Å². The van der Waals surface area contributed by atoms with Crippen molar-refractivity contribution in [2.24, 2.45) is 0 Å². The molecular weight excluding hydrogens is 727 g/mol. The molecule has 2 heterocycles. The molecule has 14 nitrogen and oxygen atoms in total. The van der Waals surface area contributed by atoms with Crippen molar-refractivity contribution in [2.45, 2.75) is 89.9 Å². The van der Waals surface area contributed by atoms with Crippen molar-refractivity contribution >= 4 is 30.4 Å². The molecule has 1 fully saturated rings. The molecule has 3 aromatic carbocycles. The van der Waals surface area contributed by atoms with E-state index in [9.17, 15) is 28.8 Å². The number of esters is 1. The lowest BCUT2D eigenvalue weighted by molar-refractivity contribution is -0.146. The van der Waals surface area contributed by atoms with Crippen LogP contribution < -0.4 is 26.2 Å². The fraction of sp³-hybridized carbons (Fsp3) is 0.400. The van der Waals surface area contributed by atoms with Gasteiger partial charge in [0.1, 0.15) is 36.3 Å². The van der Waals surface area contributed by atoms with Gasteiger partial charge in [-0.1, -0.05) is 111 Å². The van der Waals surface area contributed by atoms with Gasteiger partial charge in [-0.15, -0.1) is 0 Å². The Bertz CT molecular complexity index is 2140. The molecule has 292 valence electrons. The number of fused-ring (bicyclic) bond motifs is 1. The molecule has 55 heavy (non-hydrogen) atoms. The van der Waals surface area contributed by atoms with E-state index in [0.717, 1.165) is 47.6 Å². The number of aliphatic hydroxyl groups excluding tert-OH is 1. The van der Waals surface area contributed by atoms with Crippen molar-refractivity contribution in [1.29, 1.82) is 0 Å². The van der Waals surface area contributed by atoms with E-state index in [1.807, 2.05) is 36.4 Å². The Morgan fingerprint density at radius 1 is 1.04 bits per heavy atom. The van der Waals surface area contributed by atoms with Crippen molar-refractivity contribution in [3.05, 3.63) is 111 Å². The monoisotopic (exact) mass is 774 g/mol. The second-order valence-corrected chi connectivity index (χ2v) is 14.9. The standard InChI is InChI=1S/C40H47N4O10P/c1-3-4-5-6-10-22-36(46)41-23-14-19-31-25-44(40(49)42-38(31)47)37-24-33(45)35(53-37)27-52-55(50,54-34-21-13-18-30-17-11-12-20-32(30)34)43-28(2)39(48)51-26-29-15-8-7-9-16-29/h7-9,11-13,15-18,20-21,25,28,33,35,37,45H,3-6,10,22-24,26-27H2,1-2H3,(H,41,46)(H,43,50)(H,42,47,49)/t28-,33-,35+,37+,55?/m0/s1. The summed E-state index contributed by atoms with van der Waals surface area (Å²) in [5, 5.41) is 17.8. The predicted molar refractivity (Wildman–Crippen MR) is 206 cm³/mol. The Kier molecular flexibility index (Phi) is 15.0. The normalized spacial score (nSPS) is 18.1. The van der Waals surface area contributed by atoms with Crippen LogP contribution in [0, 0.1) is 11.8 Å². The van der Waals surface area contributed by atoms with E-state index in [0.29, 0.717) is 11.8 Å². The van der Waals surface area contributed by atoms with Gasteiger partial charge in [-0.05, 0) is 30.4 Å². The first-order chi connectivity index (χ1) is 26.5. The first-order valence-corrected chi connectivity index (χ1v) is 19.9. The number of carbonyl (C=O) groups is 2. The van der Waals surface area contributed by atoms with Crippen LogP contribution in [0.25, 0.3) is 10.8 Å². The minimum Gasteiger partial charge on any atom is -0.460 e. The topological polar surface area (TPSA) is 187 Å². The number of hydrogen-bond acceptors (Lipinski definition) is 10. The third-order valence-electron chi connectivity index (χ3n) is 8.89. The zero-order chi connectivity index (χ0) is 39.2. The minimum atomic E-state index is -4.39. The molecule has 1 aliphatic rings. The highest BCUT2D eigenvalue weighted by atomic mass is 31.2. The van der Waals surface area contributed by atoms with Gasteiger partial charge in [0.05, 0.1) is 19.3 Å². The van der Waals surface area contributed by atoms with Crippen LogP contribution in [0.15, 0.2) is 88.6 Å². The summed E-state index contributed by atoms with van der Waals surface area (Å²) in [5.74, 6) is 4.80. The molecule has 1 unspecified atom stereocenters. The molecule has 1 aromatic heterocycles. The SMILES string of the molecule is CCCCCCCC(=O)NCC#Cc1cn([C@H]2C[C@H](O)[C@@H](COP(=O)(N[C@@H](C)C(=O)OCc3ccccc3)Oc3cccc4ccccc34)O2)c(=O)[nH]c1=O. The lowest BCUT2D eigenvalue weighted by atomic mass is 10.1. The number of aromatic nitrogens is 2. The molecule has 0 spiro atoms. The Hall–Kier alpha value is -5.03. The summed E-state index contributed by atoms with van der Waals surface area (Å²) in [4.78, 5) is 52.6. The third kappa shape index (κ3) is 12.0. The van der Waals surface area contributed by atoms with Crippen molar-refractivity contribution in [3.8, 4) is 17.6 Å². The number of ether oxygens (including phenoxy) is 2. The number of benzene rings is 3. The van der Waals surface area contributed by atoms with Crippen molar-refractivity contribution in [3.63, 3.8) is 0 Å². The Morgan fingerprint density at radius 2 is 1.78 bits per heavy atom. The van der Waals surface area contributed by atoms with Crippen molar-refractivity contribution < 1.29 is 37.8 Å². The summed E-state index contributed by atoms with van der Waals surface area (Å²) in [5.41, 5.74) is -0.787. The lowest BCUT2D eigenvalue weighted by Gasteiger charge is -2.25. The molecule has 1 saturated heterocycles. The minimum absolute atomic E-state index is 0.00222. The fourth-order valence-electron chi connectivity index (χ4n) is 5.89. The average molecular weight is 775 g/mol. The van der Waals surface area contributed by atoms with Gasteiger partial charge in [0, 0.05) is 24.4 Å². The predicted octanol–water partition coefficient (Wildman–Crippen LogP) is 5.09. The number of rotatable bonds is 18. The summed E-state index contributed by atoms with van der Waals surface area (Å²) < 4.78 is 38.7. The summed E-state index contributed by atoms with van der Waals surface area (Å²) in [6, 6.07) is 20.4. The quantitative estimate of drug-likeness (QED) is 0.0457. The van der Waals surface area contributed by atoms with Crippen LogP contribution in [0.1, 0.15) is 76.1 Å². The van der Waals surface area contributed by atoms with Gasteiger partial charge in [-0.2, -0.15) is 5.09 Å². The van der Waals surface area contributed by atoms with E-state index >= 15 is 0 Å². The maximum absolute atomic E-state index is 14.4. The molecule has 15 heteroatoms. The van der Waals surface area contributed by atoms with E-state index in [4.69, 9.17) is 18.5 Å². The van der Waals surface area contributed by atoms with Crippen LogP contribution in [0.4, 0.5) is 0 Å². The number of nitrogens with one attached hydrogen (secondary N) is 3. The van der Waals surface area contributed by atoms with Crippen LogP contribution in [-0.2, 0) is 34.8 Å². The van der Waals surface area contributed by atoms with Crippen molar-refractivity contribution in [2.75, 3.05) is 13.2 Å². The first-order valence-electron chi connectivity index (χ1n) is 18.4. The zero-order valence-electron chi connectivity index (χ0n) is 30.9. The molecule has 0 aliphatic carbocycles.